The molecule has 1 N–H and O–H groups in total. The predicted molar refractivity (Wildman–Crippen MR) is 88.8 cm³/mol. The quantitative estimate of drug-likeness (QED) is 0.230. The third-order valence-electron chi connectivity index (χ3n) is 2.64. The molecule has 0 saturated carbocycles. The first-order valence-corrected chi connectivity index (χ1v) is 7.00. The predicted octanol–water partition coefficient (Wildman–Crippen LogP) is 1.61. The van der Waals surface area contributed by atoms with E-state index in [-0.39, 0.29) is 23.0 Å². The smallest absolute Gasteiger partial charge is 0 e. The van der Waals surface area contributed by atoms with Gasteiger partial charge < -0.3 is 10.1 Å². The fourth-order valence-corrected chi connectivity index (χ4v) is 1.66. The average Bonchev–Trinajstić information content (AvgIpc) is 2.72. The summed E-state index contributed by atoms with van der Waals surface area (Å²) in [6, 6.07) is 8.78. The number of hydrogen-bond donors (Lipinski definition) is 1. The maximum atomic E-state index is 11.7. The molecule has 0 aliphatic carbocycles. The number of amides is 1. The maximum absolute atomic E-state index is 11.7. The zero-order valence-corrected chi connectivity index (χ0v) is 15.9. The SMILES string of the molecule is C[CH][CH][CH][CH]C(=O)N[C@H](Cc1ccccc1)C(=O)OC.[C-]#[O+].[C-]#[O+].[C-]#[O+].[Fe]. The van der Waals surface area contributed by atoms with E-state index in [2.05, 4.69) is 25.3 Å². The summed E-state index contributed by atoms with van der Waals surface area (Å²) in [5.74, 6) is -0.781. The van der Waals surface area contributed by atoms with Crippen molar-refractivity contribution in [2.24, 2.45) is 0 Å². The second kappa shape index (κ2) is 26.1. The van der Waals surface area contributed by atoms with E-state index in [0.29, 0.717) is 6.42 Å². The summed E-state index contributed by atoms with van der Waals surface area (Å²) in [5, 5.41) is 2.64. The zero-order chi connectivity index (χ0) is 20.8. The van der Waals surface area contributed by atoms with Gasteiger partial charge in [-0.1, -0.05) is 37.3 Å². The number of unbranched alkanes of at least 4 members (excludes halogenated alkanes) is 2. The van der Waals surface area contributed by atoms with Gasteiger partial charge in [0, 0.05) is 23.5 Å². The Kier molecular flexibility index (Phi) is 31.5. The van der Waals surface area contributed by atoms with Gasteiger partial charge in [-0.2, -0.15) is 0 Å². The largest absolute Gasteiger partial charge is 0 e. The Balaban J connectivity index is -0.000000342. The third kappa shape index (κ3) is 18.5. The minimum absolute atomic E-state index is 0. The molecule has 0 spiro atoms. The Morgan fingerprint density at radius 3 is 2.04 bits per heavy atom. The van der Waals surface area contributed by atoms with E-state index in [0.717, 1.165) is 5.56 Å². The van der Waals surface area contributed by atoms with Crippen LogP contribution in [0.5, 0.6) is 0 Å². The number of hydrogen-bond acceptors (Lipinski definition) is 3. The molecule has 144 valence electrons. The molecule has 27 heavy (non-hydrogen) atoms. The summed E-state index contributed by atoms with van der Waals surface area (Å²) in [6.07, 6.45) is 6.94. The molecular weight excluding hydrogens is 394 g/mol. The topological polar surface area (TPSA) is 115 Å². The van der Waals surface area contributed by atoms with Gasteiger partial charge in [-0.3, -0.25) is 4.79 Å². The monoisotopic (exact) mass is 413 g/mol. The first-order valence-electron chi connectivity index (χ1n) is 7.00. The molecule has 0 aromatic heterocycles. The average molecular weight is 413 g/mol. The van der Waals surface area contributed by atoms with Crippen LogP contribution in [-0.2, 0) is 51.8 Å². The fourth-order valence-electron chi connectivity index (χ4n) is 1.66. The van der Waals surface area contributed by atoms with E-state index in [4.69, 9.17) is 18.7 Å². The van der Waals surface area contributed by atoms with Crippen molar-refractivity contribution < 1.29 is 45.4 Å². The number of esters is 1. The minimum atomic E-state index is -0.690. The Hall–Kier alpha value is -2.10. The van der Waals surface area contributed by atoms with Gasteiger partial charge in [0.15, 0.2) is 0 Å². The van der Waals surface area contributed by atoms with Gasteiger partial charge in [0.05, 0.1) is 13.5 Å². The number of carbonyl (C=O) groups excluding carboxylic acids is 2. The van der Waals surface area contributed by atoms with Crippen molar-refractivity contribution in [2.75, 3.05) is 7.11 Å². The van der Waals surface area contributed by atoms with Crippen LogP contribution in [0, 0.1) is 45.6 Å². The number of ether oxygens (including phenoxy) is 1. The van der Waals surface area contributed by atoms with Crippen molar-refractivity contribution in [1.29, 1.82) is 0 Å². The van der Waals surface area contributed by atoms with Crippen LogP contribution in [0.25, 0.3) is 0 Å². The van der Waals surface area contributed by atoms with Crippen molar-refractivity contribution in [2.45, 2.75) is 19.4 Å². The molecule has 0 saturated heterocycles. The molecule has 0 aliphatic heterocycles. The minimum Gasteiger partial charge on any atom is 0 e. The molecular formula is C19H19FeNO6. The Bertz CT molecular complexity index is 528. The number of methoxy groups -OCH3 is 1. The number of rotatable bonds is 8. The first-order chi connectivity index (χ1) is 12.7. The van der Waals surface area contributed by atoms with Crippen molar-refractivity contribution in [3.63, 3.8) is 0 Å². The molecule has 8 heteroatoms. The molecule has 1 atom stereocenters. The van der Waals surface area contributed by atoms with Crippen molar-refractivity contribution in [3.8, 4) is 0 Å². The first kappa shape index (κ1) is 32.6. The molecule has 1 aromatic rings. The van der Waals surface area contributed by atoms with Crippen LogP contribution in [0.1, 0.15) is 12.5 Å². The van der Waals surface area contributed by atoms with Crippen LogP contribution in [-0.4, -0.2) is 25.0 Å². The van der Waals surface area contributed by atoms with E-state index in [1.54, 1.807) is 12.8 Å². The van der Waals surface area contributed by atoms with Gasteiger partial charge in [-0.25, -0.2) is 4.79 Å². The van der Waals surface area contributed by atoms with E-state index in [1.165, 1.54) is 13.5 Å². The molecule has 0 fully saturated rings. The number of carbonyl (C=O) groups is 2. The second-order valence-corrected chi connectivity index (χ2v) is 4.16. The van der Waals surface area contributed by atoms with Crippen LogP contribution in [0.15, 0.2) is 30.3 Å². The summed E-state index contributed by atoms with van der Waals surface area (Å²) in [5.41, 5.74) is 0.959. The summed E-state index contributed by atoms with van der Waals surface area (Å²) < 4.78 is 27.2. The van der Waals surface area contributed by atoms with E-state index < -0.39 is 12.0 Å². The second-order valence-electron chi connectivity index (χ2n) is 4.16. The molecule has 4 radical (unpaired) electrons. The molecule has 1 aromatic carbocycles. The van der Waals surface area contributed by atoms with Gasteiger partial charge in [-0.15, -0.1) is 0 Å². The van der Waals surface area contributed by atoms with Crippen LogP contribution >= 0.6 is 0 Å². The molecule has 0 unspecified atom stereocenters. The van der Waals surface area contributed by atoms with Crippen LogP contribution in [0.2, 0.25) is 0 Å². The summed E-state index contributed by atoms with van der Waals surface area (Å²) in [6.45, 7) is 15.4. The van der Waals surface area contributed by atoms with Crippen LogP contribution in [0.3, 0.4) is 0 Å². The van der Waals surface area contributed by atoms with Gasteiger partial charge >= 0.3 is 39.9 Å². The van der Waals surface area contributed by atoms with E-state index in [1.807, 2.05) is 43.7 Å². The molecule has 1 rings (SSSR count). The normalized spacial score (nSPS) is 8.89. The van der Waals surface area contributed by atoms with Gasteiger partial charge in [0.2, 0.25) is 5.91 Å². The summed E-state index contributed by atoms with van der Waals surface area (Å²) in [7, 11) is 1.31. The van der Waals surface area contributed by atoms with Gasteiger partial charge in [0.1, 0.15) is 6.04 Å². The zero-order valence-electron chi connectivity index (χ0n) is 14.8. The Morgan fingerprint density at radius 1 is 1.07 bits per heavy atom. The number of nitrogens with one attached hydrogen (secondary N) is 1. The van der Waals surface area contributed by atoms with Gasteiger partial charge in [-0.05, 0) is 24.8 Å². The third-order valence-corrected chi connectivity index (χ3v) is 2.64. The van der Waals surface area contributed by atoms with Crippen LogP contribution in [0.4, 0.5) is 0 Å². The number of benzene rings is 1. The summed E-state index contributed by atoms with van der Waals surface area (Å²) >= 11 is 0. The molecule has 1 amide bonds. The van der Waals surface area contributed by atoms with Crippen LogP contribution < -0.4 is 5.32 Å². The molecule has 0 aliphatic rings. The molecule has 7 nitrogen and oxygen atoms in total. The fraction of sp³-hybridized carbons (Fsp3) is 0.211. The maximum Gasteiger partial charge on any atom is 0 e. The van der Waals surface area contributed by atoms with Crippen molar-refractivity contribution in [1.82, 2.24) is 5.32 Å². The Labute approximate surface area is 170 Å². The molecule has 0 heterocycles. The molecule has 0 bridgehead atoms. The van der Waals surface area contributed by atoms with Crippen molar-refractivity contribution >= 4 is 11.9 Å². The standard InChI is InChI=1S/C16H19NO3.3CO.Fe/c1-3-4-6-11-15(18)17-14(16(19)20-2)12-13-9-7-5-8-10-13;3*1-2;/h3-11,14H,12H2,1-2H3,(H,17,18);;;;/t14-;;;;/m1..../s1. The Morgan fingerprint density at radius 2 is 1.59 bits per heavy atom. The van der Waals surface area contributed by atoms with Gasteiger partial charge in [0.25, 0.3) is 0 Å². The van der Waals surface area contributed by atoms with Crippen molar-refractivity contribution in [3.05, 3.63) is 81.5 Å². The van der Waals surface area contributed by atoms with E-state index >= 15 is 0 Å². The van der Waals surface area contributed by atoms with E-state index in [9.17, 15) is 9.59 Å². The summed E-state index contributed by atoms with van der Waals surface area (Å²) in [4.78, 5) is 23.4.